The molecule has 1 N–H and O–H groups in total. The van der Waals surface area contributed by atoms with Gasteiger partial charge in [0.05, 0.1) is 17.7 Å². The number of benzene rings is 1. The van der Waals surface area contributed by atoms with Crippen LogP contribution in [-0.2, 0) is 17.9 Å². The van der Waals surface area contributed by atoms with E-state index in [0.717, 1.165) is 37.2 Å². The third kappa shape index (κ3) is 3.61. The van der Waals surface area contributed by atoms with E-state index < -0.39 is 0 Å². The monoisotopic (exact) mass is 329 g/mol. The lowest BCUT2D eigenvalue weighted by Crippen LogP contribution is -2.33. The number of likely N-dealkylation sites (tertiary alicyclic amines) is 1. The van der Waals surface area contributed by atoms with Crippen molar-refractivity contribution in [2.75, 3.05) is 13.7 Å². The van der Waals surface area contributed by atoms with Crippen molar-refractivity contribution < 1.29 is 9.13 Å². The van der Waals surface area contributed by atoms with Gasteiger partial charge in [-0.05, 0) is 37.1 Å². The van der Waals surface area contributed by atoms with Crippen molar-refractivity contribution >= 4 is 0 Å². The summed E-state index contributed by atoms with van der Waals surface area (Å²) in [4.78, 5) is 6.78. The number of nitriles is 1. The van der Waals surface area contributed by atoms with Crippen LogP contribution in [0.15, 0.2) is 18.2 Å². The Kier molecular flexibility index (Phi) is 5.18. The summed E-state index contributed by atoms with van der Waals surface area (Å²) in [5.74, 6) is 1.07. The Labute approximate surface area is 140 Å². The van der Waals surface area contributed by atoms with Crippen LogP contribution >= 0.6 is 0 Å². The summed E-state index contributed by atoms with van der Waals surface area (Å²) in [6.45, 7) is 1.89. The van der Waals surface area contributed by atoms with Crippen LogP contribution in [0, 0.1) is 17.1 Å². The second-order valence-electron chi connectivity index (χ2n) is 5.97. The second kappa shape index (κ2) is 7.51. The summed E-state index contributed by atoms with van der Waals surface area (Å²) in [5.41, 5.74) is 1.22. The zero-order valence-electron chi connectivity index (χ0n) is 13.6. The highest BCUT2D eigenvalue weighted by molar-refractivity contribution is 5.38. The molecule has 2 aromatic rings. The van der Waals surface area contributed by atoms with Gasteiger partial charge in [0.2, 0.25) is 0 Å². The number of aromatic nitrogens is 3. The summed E-state index contributed by atoms with van der Waals surface area (Å²) >= 11 is 0. The first-order valence-electron chi connectivity index (χ1n) is 8.04. The van der Waals surface area contributed by atoms with Gasteiger partial charge in [-0.25, -0.2) is 9.37 Å². The van der Waals surface area contributed by atoms with Gasteiger partial charge in [0, 0.05) is 13.7 Å². The molecule has 6 nitrogen and oxygen atoms in total. The molecule has 1 aliphatic heterocycles. The number of nitrogens with one attached hydrogen (secondary N) is 1. The maximum absolute atomic E-state index is 13.3. The van der Waals surface area contributed by atoms with Crippen LogP contribution in [0.5, 0.6) is 0 Å². The van der Waals surface area contributed by atoms with E-state index in [1.807, 2.05) is 0 Å². The van der Waals surface area contributed by atoms with Gasteiger partial charge >= 0.3 is 0 Å². The van der Waals surface area contributed by atoms with Gasteiger partial charge in [0.1, 0.15) is 12.4 Å². The van der Waals surface area contributed by atoms with E-state index in [-0.39, 0.29) is 11.9 Å². The molecular weight excluding hydrogens is 309 g/mol. The largest absolute Gasteiger partial charge is 0.377 e. The van der Waals surface area contributed by atoms with E-state index in [0.29, 0.717) is 24.5 Å². The SMILES string of the molecule is COCc1nc([C@@H]2CCCCN2Cc2ccc(F)cc2C#N)n[nH]1. The lowest BCUT2D eigenvalue weighted by Gasteiger charge is -2.34. The molecule has 0 spiro atoms. The molecule has 126 valence electrons. The van der Waals surface area contributed by atoms with Gasteiger partial charge in [-0.15, -0.1) is 0 Å². The van der Waals surface area contributed by atoms with Crippen molar-refractivity contribution in [3.63, 3.8) is 0 Å². The van der Waals surface area contributed by atoms with E-state index >= 15 is 0 Å². The molecule has 7 heteroatoms. The summed E-state index contributed by atoms with van der Waals surface area (Å²) in [6, 6.07) is 6.55. The Morgan fingerprint density at radius 1 is 1.46 bits per heavy atom. The van der Waals surface area contributed by atoms with Crippen LogP contribution in [-0.4, -0.2) is 33.7 Å². The van der Waals surface area contributed by atoms with Gasteiger partial charge in [0.15, 0.2) is 11.6 Å². The molecule has 3 rings (SSSR count). The molecule has 1 atom stereocenters. The fourth-order valence-electron chi connectivity index (χ4n) is 3.14. The lowest BCUT2D eigenvalue weighted by atomic mass is 9.99. The number of aromatic amines is 1. The highest BCUT2D eigenvalue weighted by atomic mass is 19.1. The number of hydrogen-bond donors (Lipinski definition) is 1. The third-order valence-electron chi connectivity index (χ3n) is 4.31. The van der Waals surface area contributed by atoms with Crippen molar-refractivity contribution in [1.29, 1.82) is 5.26 Å². The van der Waals surface area contributed by atoms with Gasteiger partial charge in [-0.3, -0.25) is 10.00 Å². The quantitative estimate of drug-likeness (QED) is 0.912. The van der Waals surface area contributed by atoms with E-state index in [1.165, 1.54) is 12.1 Å². The van der Waals surface area contributed by atoms with Crippen molar-refractivity contribution in [3.8, 4) is 6.07 Å². The minimum atomic E-state index is -0.385. The molecule has 0 unspecified atom stereocenters. The lowest BCUT2D eigenvalue weighted by molar-refractivity contribution is 0.133. The molecule has 1 aliphatic rings. The molecule has 0 saturated carbocycles. The van der Waals surface area contributed by atoms with E-state index in [9.17, 15) is 9.65 Å². The Morgan fingerprint density at radius 2 is 2.33 bits per heavy atom. The predicted octanol–water partition coefficient (Wildman–Crippen LogP) is 2.69. The minimum Gasteiger partial charge on any atom is -0.377 e. The summed E-state index contributed by atoms with van der Waals surface area (Å²) in [7, 11) is 1.62. The number of nitrogens with zero attached hydrogens (tertiary/aromatic N) is 4. The molecule has 0 aliphatic carbocycles. The van der Waals surface area contributed by atoms with Gasteiger partial charge < -0.3 is 4.74 Å². The zero-order chi connectivity index (χ0) is 16.9. The van der Waals surface area contributed by atoms with Gasteiger partial charge in [-0.1, -0.05) is 12.5 Å². The molecular formula is C17H20FN5O. The molecule has 0 amide bonds. The van der Waals surface area contributed by atoms with Crippen LogP contribution in [0.25, 0.3) is 0 Å². The topological polar surface area (TPSA) is 77.8 Å². The van der Waals surface area contributed by atoms with Gasteiger partial charge in [-0.2, -0.15) is 10.4 Å². The fraction of sp³-hybridized carbons (Fsp3) is 0.471. The first-order chi connectivity index (χ1) is 11.7. The number of methoxy groups -OCH3 is 1. The highest BCUT2D eigenvalue weighted by Crippen LogP contribution is 2.30. The molecule has 1 aromatic heterocycles. The highest BCUT2D eigenvalue weighted by Gasteiger charge is 2.28. The number of rotatable bonds is 5. The summed E-state index contributed by atoms with van der Waals surface area (Å²) in [5, 5.41) is 16.5. The Hall–Kier alpha value is -2.30. The van der Waals surface area contributed by atoms with Crippen molar-refractivity contribution in [1.82, 2.24) is 20.1 Å². The number of H-pyrrole nitrogens is 1. The normalized spacial score (nSPS) is 18.5. The molecule has 1 saturated heterocycles. The predicted molar refractivity (Wildman–Crippen MR) is 85.2 cm³/mol. The second-order valence-corrected chi connectivity index (χ2v) is 5.97. The molecule has 1 aromatic carbocycles. The first-order valence-corrected chi connectivity index (χ1v) is 8.04. The minimum absolute atomic E-state index is 0.0946. The smallest absolute Gasteiger partial charge is 0.167 e. The standard InChI is InChI=1S/C17H20FN5O/c1-24-11-16-20-17(22-21-16)15-4-2-3-7-23(15)10-12-5-6-14(18)8-13(12)9-19/h5-6,8,15H,2-4,7,10-11H2,1H3,(H,20,21,22)/t15-/m0/s1. The van der Waals surface area contributed by atoms with Crippen LogP contribution in [0.1, 0.15) is 48.1 Å². The zero-order valence-corrected chi connectivity index (χ0v) is 13.6. The number of piperidine rings is 1. The summed E-state index contributed by atoms with van der Waals surface area (Å²) < 4.78 is 18.4. The van der Waals surface area contributed by atoms with Crippen LogP contribution < -0.4 is 0 Å². The van der Waals surface area contributed by atoms with E-state index in [2.05, 4.69) is 26.2 Å². The molecule has 24 heavy (non-hydrogen) atoms. The third-order valence-corrected chi connectivity index (χ3v) is 4.31. The molecule has 0 bridgehead atoms. The van der Waals surface area contributed by atoms with Crippen LogP contribution in [0.4, 0.5) is 4.39 Å². The van der Waals surface area contributed by atoms with Crippen LogP contribution in [0.3, 0.4) is 0 Å². The van der Waals surface area contributed by atoms with E-state index in [4.69, 9.17) is 4.74 Å². The van der Waals surface area contributed by atoms with E-state index in [1.54, 1.807) is 13.2 Å². The average Bonchev–Trinajstić information content (AvgIpc) is 3.06. The number of halogens is 1. The molecule has 0 radical (unpaired) electrons. The summed E-state index contributed by atoms with van der Waals surface area (Å²) in [6.07, 6.45) is 3.17. The molecule has 1 fully saturated rings. The maximum atomic E-state index is 13.3. The van der Waals surface area contributed by atoms with Crippen LogP contribution in [0.2, 0.25) is 0 Å². The Balaban J connectivity index is 1.81. The Bertz CT molecular complexity index is 739. The fourth-order valence-corrected chi connectivity index (χ4v) is 3.14. The number of hydrogen-bond acceptors (Lipinski definition) is 5. The first kappa shape index (κ1) is 16.6. The van der Waals surface area contributed by atoms with Crippen molar-refractivity contribution in [2.45, 2.75) is 38.5 Å². The van der Waals surface area contributed by atoms with Crippen molar-refractivity contribution in [3.05, 3.63) is 46.8 Å². The molecule has 2 heterocycles. The number of ether oxygens (including phenoxy) is 1. The maximum Gasteiger partial charge on any atom is 0.167 e. The Morgan fingerprint density at radius 3 is 3.12 bits per heavy atom. The average molecular weight is 329 g/mol. The van der Waals surface area contributed by atoms with Crippen molar-refractivity contribution in [2.24, 2.45) is 0 Å². The van der Waals surface area contributed by atoms with Gasteiger partial charge in [0.25, 0.3) is 0 Å².